The monoisotopic (exact) mass is 247 g/mol. The van der Waals surface area contributed by atoms with Crippen LogP contribution in [0.15, 0.2) is 6.20 Å². The van der Waals surface area contributed by atoms with Crippen molar-refractivity contribution in [3.8, 4) is 0 Å². The highest BCUT2D eigenvalue weighted by Gasteiger charge is 2.14. The molecule has 0 bridgehead atoms. The van der Waals surface area contributed by atoms with Gasteiger partial charge in [0.25, 0.3) is 0 Å². The van der Waals surface area contributed by atoms with Gasteiger partial charge in [-0.25, -0.2) is 9.97 Å². The van der Waals surface area contributed by atoms with Gasteiger partial charge in [0.05, 0.1) is 5.69 Å². The Kier molecular flexibility index (Phi) is 3.32. The third-order valence-corrected chi connectivity index (χ3v) is 3.02. The largest absolute Gasteiger partial charge is 0.481 e. The van der Waals surface area contributed by atoms with Crippen LogP contribution in [0.4, 0.5) is 0 Å². The standard InChI is InChI=1S/C13H17N3O2/c1-4-10-12-9(5-6-11(17)18)7-16(3)13(12)15-8(2)14-10/h7H,4-6H2,1-3H3,(H,17,18). The predicted octanol–water partition coefficient (Wildman–Crippen LogP) is 1.86. The first-order chi connectivity index (χ1) is 8.52. The number of hydrogen-bond acceptors (Lipinski definition) is 3. The number of aliphatic carboxylic acids is 1. The number of carboxylic acid groups (broad SMARTS) is 1. The third-order valence-electron chi connectivity index (χ3n) is 3.02. The summed E-state index contributed by atoms with van der Waals surface area (Å²) in [4.78, 5) is 19.6. The molecule has 0 saturated carbocycles. The predicted molar refractivity (Wildman–Crippen MR) is 68.6 cm³/mol. The Bertz CT molecular complexity index is 602. The van der Waals surface area contributed by atoms with E-state index < -0.39 is 5.97 Å². The fourth-order valence-electron chi connectivity index (χ4n) is 2.25. The second-order valence-corrected chi connectivity index (χ2v) is 4.43. The molecule has 0 aliphatic heterocycles. The van der Waals surface area contributed by atoms with Crippen molar-refractivity contribution in [3.63, 3.8) is 0 Å². The first-order valence-corrected chi connectivity index (χ1v) is 6.06. The summed E-state index contributed by atoms with van der Waals surface area (Å²) in [6, 6.07) is 0. The van der Waals surface area contributed by atoms with Crippen LogP contribution in [0.5, 0.6) is 0 Å². The molecule has 0 unspecified atom stereocenters. The number of carbonyl (C=O) groups is 1. The summed E-state index contributed by atoms with van der Waals surface area (Å²) in [6.45, 7) is 3.93. The summed E-state index contributed by atoms with van der Waals surface area (Å²) >= 11 is 0. The van der Waals surface area contributed by atoms with Gasteiger partial charge in [-0.3, -0.25) is 4.79 Å². The maximum absolute atomic E-state index is 10.7. The normalized spacial score (nSPS) is 11.1. The zero-order valence-electron chi connectivity index (χ0n) is 10.9. The molecule has 0 atom stereocenters. The molecule has 0 aliphatic carbocycles. The van der Waals surface area contributed by atoms with Crippen molar-refractivity contribution >= 4 is 17.0 Å². The number of hydrogen-bond donors (Lipinski definition) is 1. The van der Waals surface area contributed by atoms with Crippen molar-refractivity contribution in [2.24, 2.45) is 7.05 Å². The molecule has 2 aromatic heterocycles. The first-order valence-electron chi connectivity index (χ1n) is 6.06. The molecule has 1 N–H and O–H groups in total. The quantitative estimate of drug-likeness (QED) is 0.895. The SMILES string of the molecule is CCc1nc(C)nc2c1c(CCC(=O)O)cn2C. The zero-order chi connectivity index (χ0) is 13.3. The van der Waals surface area contributed by atoms with E-state index in [9.17, 15) is 4.79 Å². The van der Waals surface area contributed by atoms with Crippen LogP contribution in [0.2, 0.25) is 0 Å². The van der Waals surface area contributed by atoms with E-state index >= 15 is 0 Å². The number of nitrogens with zero attached hydrogens (tertiary/aromatic N) is 3. The molecule has 18 heavy (non-hydrogen) atoms. The summed E-state index contributed by atoms with van der Waals surface area (Å²) in [6.07, 6.45) is 3.44. The molecular weight excluding hydrogens is 230 g/mol. The Balaban J connectivity index is 2.57. The molecule has 0 saturated heterocycles. The van der Waals surface area contributed by atoms with E-state index in [1.807, 2.05) is 24.7 Å². The van der Waals surface area contributed by atoms with Gasteiger partial charge in [-0.1, -0.05) is 6.92 Å². The lowest BCUT2D eigenvalue weighted by molar-refractivity contribution is -0.136. The maximum atomic E-state index is 10.7. The second-order valence-electron chi connectivity index (χ2n) is 4.43. The molecular formula is C13H17N3O2. The summed E-state index contributed by atoms with van der Waals surface area (Å²) < 4.78 is 1.94. The van der Waals surface area contributed by atoms with E-state index in [4.69, 9.17) is 5.11 Å². The topological polar surface area (TPSA) is 68.0 Å². The van der Waals surface area contributed by atoms with Gasteiger partial charge in [-0.05, 0) is 25.3 Å². The van der Waals surface area contributed by atoms with E-state index in [0.717, 1.165) is 34.5 Å². The lowest BCUT2D eigenvalue weighted by Crippen LogP contribution is -2.00. The molecule has 5 heteroatoms. The number of fused-ring (bicyclic) bond motifs is 1. The number of aromatic nitrogens is 3. The Morgan fingerprint density at radius 3 is 2.78 bits per heavy atom. The van der Waals surface area contributed by atoms with Crippen molar-refractivity contribution in [1.29, 1.82) is 0 Å². The molecule has 5 nitrogen and oxygen atoms in total. The zero-order valence-corrected chi connectivity index (χ0v) is 10.9. The highest BCUT2D eigenvalue weighted by molar-refractivity contribution is 5.83. The molecule has 0 fully saturated rings. The van der Waals surface area contributed by atoms with E-state index in [2.05, 4.69) is 16.9 Å². The number of rotatable bonds is 4. The Hall–Kier alpha value is -1.91. The minimum atomic E-state index is -0.780. The Labute approximate surface area is 105 Å². The number of aryl methyl sites for hydroxylation is 4. The van der Waals surface area contributed by atoms with Gasteiger partial charge in [0.1, 0.15) is 11.5 Å². The average molecular weight is 247 g/mol. The second kappa shape index (κ2) is 4.76. The Morgan fingerprint density at radius 1 is 1.44 bits per heavy atom. The third kappa shape index (κ3) is 2.20. The number of carboxylic acids is 1. The summed E-state index contributed by atoms with van der Waals surface area (Å²) in [5.74, 6) is -0.0246. The Morgan fingerprint density at radius 2 is 2.17 bits per heavy atom. The van der Waals surface area contributed by atoms with Crippen LogP contribution >= 0.6 is 0 Å². The highest BCUT2D eigenvalue weighted by Crippen LogP contribution is 2.23. The summed E-state index contributed by atoms with van der Waals surface area (Å²) in [5, 5.41) is 9.81. The van der Waals surface area contributed by atoms with Crippen LogP contribution in [0.1, 0.15) is 30.4 Å². The van der Waals surface area contributed by atoms with Crippen LogP contribution in [0.3, 0.4) is 0 Å². The fraction of sp³-hybridized carbons (Fsp3) is 0.462. The molecule has 0 aliphatic rings. The molecule has 0 amide bonds. The van der Waals surface area contributed by atoms with Gasteiger partial charge in [0.15, 0.2) is 0 Å². The van der Waals surface area contributed by atoms with Crippen LogP contribution in [-0.2, 0) is 24.7 Å². The maximum Gasteiger partial charge on any atom is 0.303 e. The van der Waals surface area contributed by atoms with Gasteiger partial charge < -0.3 is 9.67 Å². The molecule has 0 aromatic carbocycles. The fourth-order valence-corrected chi connectivity index (χ4v) is 2.25. The van der Waals surface area contributed by atoms with Crippen molar-refractivity contribution in [3.05, 3.63) is 23.3 Å². The van der Waals surface area contributed by atoms with Crippen LogP contribution < -0.4 is 0 Å². The molecule has 2 heterocycles. The van der Waals surface area contributed by atoms with Gasteiger partial charge >= 0.3 is 5.97 Å². The van der Waals surface area contributed by atoms with Crippen molar-refractivity contribution < 1.29 is 9.90 Å². The first kappa shape index (κ1) is 12.5. The highest BCUT2D eigenvalue weighted by atomic mass is 16.4. The minimum absolute atomic E-state index is 0.135. The summed E-state index contributed by atoms with van der Waals surface area (Å²) in [5.41, 5.74) is 2.91. The van der Waals surface area contributed by atoms with Gasteiger partial charge in [-0.2, -0.15) is 0 Å². The molecule has 96 valence electrons. The van der Waals surface area contributed by atoms with Crippen LogP contribution in [0, 0.1) is 6.92 Å². The molecule has 2 aromatic rings. The lowest BCUT2D eigenvalue weighted by Gasteiger charge is -2.04. The van der Waals surface area contributed by atoms with Crippen molar-refractivity contribution in [2.45, 2.75) is 33.1 Å². The van der Waals surface area contributed by atoms with E-state index in [1.165, 1.54) is 0 Å². The smallest absolute Gasteiger partial charge is 0.303 e. The molecule has 0 radical (unpaired) electrons. The minimum Gasteiger partial charge on any atom is -0.481 e. The van der Waals surface area contributed by atoms with Crippen LogP contribution in [-0.4, -0.2) is 25.6 Å². The van der Waals surface area contributed by atoms with Gasteiger partial charge in [0.2, 0.25) is 0 Å². The van der Waals surface area contributed by atoms with E-state index in [-0.39, 0.29) is 6.42 Å². The molecule has 2 rings (SSSR count). The lowest BCUT2D eigenvalue weighted by atomic mass is 10.1. The van der Waals surface area contributed by atoms with Crippen molar-refractivity contribution in [1.82, 2.24) is 14.5 Å². The van der Waals surface area contributed by atoms with Gasteiger partial charge in [-0.15, -0.1) is 0 Å². The van der Waals surface area contributed by atoms with E-state index in [0.29, 0.717) is 6.42 Å². The van der Waals surface area contributed by atoms with Gasteiger partial charge in [0, 0.05) is 25.1 Å². The van der Waals surface area contributed by atoms with Crippen LogP contribution in [0.25, 0.3) is 11.0 Å². The van der Waals surface area contributed by atoms with E-state index in [1.54, 1.807) is 0 Å². The average Bonchev–Trinajstić information content (AvgIpc) is 2.63. The molecule has 0 spiro atoms. The summed E-state index contributed by atoms with van der Waals surface area (Å²) in [7, 11) is 1.93. The van der Waals surface area contributed by atoms with Crippen molar-refractivity contribution in [2.75, 3.05) is 0 Å².